The molecule has 0 bridgehead atoms. The summed E-state index contributed by atoms with van der Waals surface area (Å²) in [6, 6.07) is 0. The zero-order chi connectivity index (χ0) is 9.73. The minimum absolute atomic E-state index is 0.576. The van der Waals surface area contributed by atoms with E-state index < -0.39 is 3.79 Å². The van der Waals surface area contributed by atoms with E-state index in [0.29, 0.717) is 6.42 Å². The highest BCUT2D eigenvalue weighted by atomic mass is 35.6. The van der Waals surface area contributed by atoms with E-state index in [4.69, 9.17) is 34.8 Å². The van der Waals surface area contributed by atoms with Crippen LogP contribution in [-0.2, 0) is 6.54 Å². The summed E-state index contributed by atoms with van der Waals surface area (Å²) < 4.78 is 0.640. The summed E-state index contributed by atoms with van der Waals surface area (Å²) in [7, 11) is 0. The smallest absolute Gasteiger partial charge is 0.190 e. The van der Waals surface area contributed by atoms with Gasteiger partial charge in [-0.15, -0.1) is 0 Å². The van der Waals surface area contributed by atoms with Gasteiger partial charge in [-0.25, -0.2) is 4.98 Å². The van der Waals surface area contributed by atoms with Gasteiger partial charge in [0.2, 0.25) is 0 Å². The average molecular weight is 243 g/mol. The highest BCUT2D eigenvalue weighted by molar-refractivity contribution is 6.67. The van der Waals surface area contributed by atoms with Crippen molar-refractivity contribution in [1.29, 1.82) is 0 Å². The summed E-state index contributed by atoms with van der Waals surface area (Å²) in [4.78, 5) is 3.82. The van der Waals surface area contributed by atoms with Gasteiger partial charge in [-0.3, -0.25) is 4.68 Å². The Morgan fingerprint density at radius 2 is 2.00 bits per heavy atom. The average Bonchev–Trinajstić information content (AvgIpc) is 2.48. The molecule has 1 heterocycles. The predicted octanol–water partition coefficient (Wildman–Crippen LogP) is 2.82. The molecule has 1 aromatic heterocycles. The molecule has 0 aliphatic heterocycles. The molecule has 0 saturated heterocycles. The molecule has 0 unspecified atom stereocenters. The molecule has 13 heavy (non-hydrogen) atoms. The second kappa shape index (κ2) is 5.03. The van der Waals surface area contributed by atoms with Crippen LogP contribution < -0.4 is 0 Å². The van der Waals surface area contributed by atoms with Gasteiger partial charge in [0, 0.05) is 6.54 Å². The Morgan fingerprint density at radius 3 is 2.54 bits per heavy atom. The number of aromatic nitrogens is 3. The van der Waals surface area contributed by atoms with Gasteiger partial charge in [-0.05, 0) is 19.3 Å². The fourth-order valence-electron chi connectivity index (χ4n) is 0.947. The number of nitrogens with zero attached hydrogens (tertiary/aromatic N) is 3. The number of rotatable bonds is 4. The molecular weight excluding hydrogens is 232 g/mol. The SMILES string of the molecule is ClC(Cl)(Cl)CCCCn1cncn1. The third-order valence-corrected chi connectivity index (χ3v) is 2.13. The maximum absolute atomic E-state index is 5.59. The van der Waals surface area contributed by atoms with Crippen LogP contribution in [0.1, 0.15) is 19.3 Å². The lowest BCUT2D eigenvalue weighted by atomic mass is 10.2. The van der Waals surface area contributed by atoms with E-state index in [1.807, 2.05) is 0 Å². The van der Waals surface area contributed by atoms with Crippen molar-refractivity contribution in [3.8, 4) is 0 Å². The number of halogens is 3. The molecule has 0 aliphatic carbocycles. The standard InChI is InChI=1S/C7H10Cl3N3/c8-7(9,10)3-1-2-4-13-6-11-5-12-13/h5-6H,1-4H2. The second-order valence-electron chi connectivity index (χ2n) is 2.73. The van der Waals surface area contributed by atoms with E-state index in [-0.39, 0.29) is 0 Å². The van der Waals surface area contributed by atoms with Crippen molar-refractivity contribution in [3.05, 3.63) is 12.7 Å². The highest BCUT2D eigenvalue weighted by Gasteiger charge is 2.17. The lowest BCUT2D eigenvalue weighted by Gasteiger charge is -2.09. The van der Waals surface area contributed by atoms with Gasteiger partial charge in [-0.2, -0.15) is 5.10 Å². The largest absolute Gasteiger partial charge is 0.253 e. The molecular formula is C7H10Cl3N3. The molecule has 1 aromatic rings. The molecule has 0 amide bonds. The third-order valence-electron chi connectivity index (χ3n) is 1.56. The van der Waals surface area contributed by atoms with E-state index in [2.05, 4.69) is 10.1 Å². The maximum atomic E-state index is 5.59. The molecule has 0 atom stereocenters. The Morgan fingerprint density at radius 1 is 1.23 bits per heavy atom. The second-order valence-corrected chi connectivity index (χ2v) is 5.25. The van der Waals surface area contributed by atoms with Crippen LogP contribution in [0.2, 0.25) is 0 Å². The molecule has 0 fully saturated rings. The maximum Gasteiger partial charge on any atom is 0.190 e. The number of hydrogen-bond donors (Lipinski definition) is 0. The Bertz CT molecular complexity index is 230. The number of alkyl halides is 3. The fourth-order valence-corrected chi connectivity index (χ4v) is 1.35. The van der Waals surface area contributed by atoms with Gasteiger partial charge in [0.15, 0.2) is 3.79 Å². The first-order chi connectivity index (χ1) is 6.08. The number of aryl methyl sites for hydroxylation is 1. The van der Waals surface area contributed by atoms with Crippen molar-refractivity contribution >= 4 is 34.8 Å². The van der Waals surface area contributed by atoms with Gasteiger partial charge in [0.25, 0.3) is 0 Å². The molecule has 0 saturated carbocycles. The quantitative estimate of drug-likeness (QED) is 0.600. The molecule has 0 aromatic carbocycles. The lowest BCUT2D eigenvalue weighted by molar-refractivity contribution is 0.545. The van der Waals surface area contributed by atoms with Gasteiger partial charge in [0.1, 0.15) is 12.7 Å². The van der Waals surface area contributed by atoms with Crippen LogP contribution in [0, 0.1) is 0 Å². The third kappa shape index (κ3) is 5.34. The fraction of sp³-hybridized carbons (Fsp3) is 0.714. The van der Waals surface area contributed by atoms with Crippen molar-refractivity contribution < 1.29 is 0 Å². The molecule has 74 valence electrons. The van der Waals surface area contributed by atoms with Crippen molar-refractivity contribution in [2.75, 3.05) is 0 Å². The summed E-state index contributed by atoms with van der Waals surface area (Å²) in [5, 5.41) is 3.96. The van der Waals surface area contributed by atoms with E-state index in [1.54, 1.807) is 11.0 Å². The lowest BCUT2D eigenvalue weighted by Crippen LogP contribution is -2.03. The van der Waals surface area contributed by atoms with Crippen molar-refractivity contribution in [2.24, 2.45) is 0 Å². The Hall–Kier alpha value is 0.01000. The predicted molar refractivity (Wildman–Crippen MR) is 54.2 cm³/mol. The molecule has 0 radical (unpaired) electrons. The first-order valence-electron chi connectivity index (χ1n) is 3.97. The molecule has 3 nitrogen and oxygen atoms in total. The van der Waals surface area contributed by atoms with Crippen LogP contribution in [0.15, 0.2) is 12.7 Å². The monoisotopic (exact) mass is 241 g/mol. The number of unbranched alkanes of at least 4 members (excludes halogenated alkanes) is 1. The molecule has 1 rings (SSSR count). The van der Waals surface area contributed by atoms with E-state index in [9.17, 15) is 0 Å². The topological polar surface area (TPSA) is 30.7 Å². The van der Waals surface area contributed by atoms with Crippen molar-refractivity contribution in [3.63, 3.8) is 0 Å². The summed E-state index contributed by atoms with van der Waals surface area (Å²) in [6.45, 7) is 0.820. The van der Waals surface area contributed by atoms with Crippen LogP contribution >= 0.6 is 34.8 Å². The summed E-state index contributed by atoms with van der Waals surface area (Å²) in [5.41, 5.74) is 0. The minimum Gasteiger partial charge on any atom is -0.253 e. The number of hydrogen-bond acceptors (Lipinski definition) is 2. The molecule has 6 heteroatoms. The van der Waals surface area contributed by atoms with E-state index >= 15 is 0 Å². The minimum atomic E-state index is -1.12. The van der Waals surface area contributed by atoms with Gasteiger partial charge in [0.05, 0.1) is 0 Å². The molecule has 0 N–H and O–H groups in total. The van der Waals surface area contributed by atoms with E-state index in [0.717, 1.165) is 19.4 Å². The van der Waals surface area contributed by atoms with Crippen molar-refractivity contribution in [1.82, 2.24) is 14.8 Å². The van der Waals surface area contributed by atoms with Crippen LogP contribution in [0.5, 0.6) is 0 Å². The van der Waals surface area contributed by atoms with Gasteiger partial charge < -0.3 is 0 Å². The molecule has 0 spiro atoms. The van der Waals surface area contributed by atoms with Crippen LogP contribution in [0.25, 0.3) is 0 Å². The first kappa shape index (κ1) is 11.1. The highest BCUT2D eigenvalue weighted by Crippen LogP contribution is 2.31. The Labute approximate surface area is 92.0 Å². The van der Waals surface area contributed by atoms with Crippen molar-refractivity contribution in [2.45, 2.75) is 29.6 Å². The first-order valence-corrected chi connectivity index (χ1v) is 5.10. The zero-order valence-electron chi connectivity index (χ0n) is 6.96. The summed E-state index contributed by atoms with van der Waals surface area (Å²) in [6.07, 6.45) is 5.57. The van der Waals surface area contributed by atoms with Gasteiger partial charge in [-0.1, -0.05) is 34.8 Å². The van der Waals surface area contributed by atoms with E-state index in [1.165, 1.54) is 6.33 Å². The summed E-state index contributed by atoms with van der Waals surface area (Å²) in [5.74, 6) is 0. The van der Waals surface area contributed by atoms with Crippen LogP contribution in [0.4, 0.5) is 0 Å². The molecule has 0 aliphatic rings. The van der Waals surface area contributed by atoms with Gasteiger partial charge >= 0.3 is 0 Å². The normalized spacial score (nSPS) is 11.9. The summed E-state index contributed by atoms with van der Waals surface area (Å²) >= 11 is 16.8. The Kier molecular flexibility index (Phi) is 4.29. The van der Waals surface area contributed by atoms with Crippen LogP contribution in [0.3, 0.4) is 0 Å². The Balaban J connectivity index is 2.09. The zero-order valence-corrected chi connectivity index (χ0v) is 9.23. The van der Waals surface area contributed by atoms with Crippen LogP contribution in [-0.4, -0.2) is 18.6 Å².